The molecule has 1 aliphatic rings. The maximum atomic E-state index is 9.54. The van der Waals surface area contributed by atoms with Crippen molar-refractivity contribution < 1.29 is 5.11 Å². The van der Waals surface area contributed by atoms with Gasteiger partial charge in [0, 0.05) is 19.0 Å². The third kappa shape index (κ3) is 2.24. The standard InChI is InChI=1S/C12H22N4O/c1-9-10(13)11(16(2)15-9)14-7-12(8-17)5-3-4-6-12/h14,17H,3-8,13H2,1-2H3. The number of hydrogen-bond acceptors (Lipinski definition) is 4. The average molecular weight is 238 g/mol. The first-order valence-electron chi connectivity index (χ1n) is 6.22. The Labute approximate surface area is 102 Å². The molecule has 5 heteroatoms. The van der Waals surface area contributed by atoms with E-state index in [-0.39, 0.29) is 12.0 Å². The van der Waals surface area contributed by atoms with Crippen molar-refractivity contribution in [1.29, 1.82) is 0 Å². The lowest BCUT2D eigenvalue weighted by molar-refractivity contribution is 0.142. The molecule has 1 saturated carbocycles. The highest BCUT2D eigenvalue weighted by Gasteiger charge is 2.33. The fourth-order valence-corrected chi connectivity index (χ4v) is 2.67. The van der Waals surface area contributed by atoms with E-state index in [2.05, 4.69) is 10.4 Å². The van der Waals surface area contributed by atoms with Crippen molar-refractivity contribution in [3.05, 3.63) is 5.69 Å². The second-order valence-electron chi connectivity index (χ2n) is 5.19. The van der Waals surface area contributed by atoms with Crippen molar-refractivity contribution in [2.45, 2.75) is 32.6 Å². The summed E-state index contributed by atoms with van der Waals surface area (Å²) < 4.78 is 1.77. The quantitative estimate of drug-likeness (QED) is 0.738. The van der Waals surface area contributed by atoms with Gasteiger partial charge >= 0.3 is 0 Å². The van der Waals surface area contributed by atoms with Gasteiger partial charge < -0.3 is 16.2 Å². The number of aliphatic hydroxyl groups excluding tert-OH is 1. The van der Waals surface area contributed by atoms with Crippen LogP contribution in [0.1, 0.15) is 31.4 Å². The lowest BCUT2D eigenvalue weighted by atomic mass is 9.87. The summed E-state index contributed by atoms with van der Waals surface area (Å²) in [7, 11) is 1.88. The van der Waals surface area contributed by atoms with Gasteiger partial charge in [-0.05, 0) is 19.8 Å². The molecule has 0 radical (unpaired) electrons. The number of aryl methyl sites for hydroxylation is 2. The number of nitrogens with one attached hydrogen (secondary N) is 1. The van der Waals surface area contributed by atoms with E-state index >= 15 is 0 Å². The van der Waals surface area contributed by atoms with Gasteiger partial charge in [-0.1, -0.05) is 12.8 Å². The van der Waals surface area contributed by atoms with E-state index in [1.165, 1.54) is 12.8 Å². The Kier molecular flexibility index (Phi) is 3.28. The van der Waals surface area contributed by atoms with Crippen molar-refractivity contribution >= 4 is 11.5 Å². The van der Waals surface area contributed by atoms with Gasteiger partial charge in [-0.25, -0.2) is 0 Å². The normalized spacial score (nSPS) is 18.5. The van der Waals surface area contributed by atoms with Gasteiger partial charge in [-0.3, -0.25) is 4.68 Å². The molecule has 0 amide bonds. The summed E-state index contributed by atoms with van der Waals surface area (Å²) >= 11 is 0. The summed E-state index contributed by atoms with van der Waals surface area (Å²) in [6, 6.07) is 0. The summed E-state index contributed by atoms with van der Waals surface area (Å²) in [4.78, 5) is 0. The highest BCUT2D eigenvalue weighted by molar-refractivity contribution is 5.64. The van der Waals surface area contributed by atoms with Gasteiger partial charge in [-0.2, -0.15) is 5.10 Å². The summed E-state index contributed by atoms with van der Waals surface area (Å²) in [6.07, 6.45) is 4.60. The molecule has 0 atom stereocenters. The number of anilines is 2. The predicted octanol–water partition coefficient (Wildman–Crippen LogP) is 1.28. The SMILES string of the molecule is Cc1nn(C)c(NCC2(CO)CCCC2)c1N. The molecule has 1 aromatic rings. The molecular weight excluding hydrogens is 216 g/mol. The Balaban J connectivity index is 2.06. The van der Waals surface area contributed by atoms with Crippen molar-refractivity contribution in [3.8, 4) is 0 Å². The molecule has 1 aliphatic carbocycles. The molecule has 1 aromatic heterocycles. The summed E-state index contributed by atoms with van der Waals surface area (Å²) in [5.74, 6) is 0.863. The molecule has 0 saturated heterocycles. The topological polar surface area (TPSA) is 76.1 Å². The number of rotatable bonds is 4. The number of nitrogens with zero attached hydrogens (tertiary/aromatic N) is 2. The van der Waals surface area contributed by atoms with E-state index in [0.29, 0.717) is 5.69 Å². The van der Waals surface area contributed by atoms with E-state index < -0.39 is 0 Å². The number of aromatic nitrogens is 2. The lowest BCUT2D eigenvalue weighted by Crippen LogP contribution is -2.31. The predicted molar refractivity (Wildman–Crippen MR) is 68.8 cm³/mol. The number of hydrogen-bond donors (Lipinski definition) is 3. The Morgan fingerprint density at radius 1 is 1.47 bits per heavy atom. The first-order chi connectivity index (χ1) is 8.08. The van der Waals surface area contributed by atoms with Crippen LogP contribution in [0.2, 0.25) is 0 Å². The van der Waals surface area contributed by atoms with E-state index in [0.717, 1.165) is 30.9 Å². The Morgan fingerprint density at radius 3 is 2.59 bits per heavy atom. The van der Waals surface area contributed by atoms with Crippen LogP contribution in [0.5, 0.6) is 0 Å². The van der Waals surface area contributed by atoms with Gasteiger partial charge in [0.25, 0.3) is 0 Å². The second-order valence-corrected chi connectivity index (χ2v) is 5.19. The second kappa shape index (κ2) is 4.56. The van der Waals surface area contributed by atoms with Gasteiger partial charge in [0.1, 0.15) is 5.82 Å². The smallest absolute Gasteiger partial charge is 0.147 e. The van der Waals surface area contributed by atoms with Crippen molar-refractivity contribution in [3.63, 3.8) is 0 Å². The number of nitrogen functional groups attached to an aromatic ring is 1. The molecule has 0 unspecified atom stereocenters. The molecule has 17 heavy (non-hydrogen) atoms. The van der Waals surface area contributed by atoms with Gasteiger partial charge in [0.15, 0.2) is 0 Å². The van der Waals surface area contributed by atoms with Crippen LogP contribution in [0.4, 0.5) is 11.5 Å². The zero-order chi connectivity index (χ0) is 12.5. The highest BCUT2D eigenvalue weighted by atomic mass is 16.3. The molecule has 4 N–H and O–H groups in total. The number of aliphatic hydroxyl groups is 1. The molecule has 1 heterocycles. The monoisotopic (exact) mass is 238 g/mol. The maximum absolute atomic E-state index is 9.54. The molecule has 0 spiro atoms. The summed E-state index contributed by atoms with van der Waals surface area (Å²) in [5, 5.41) is 17.2. The van der Waals surface area contributed by atoms with Crippen LogP contribution < -0.4 is 11.1 Å². The summed E-state index contributed by atoms with van der Waals surface area (Å²) in [5.41, 5.74) is 7.55. The fourth-order valence-electron chi connectivity index (χ4n) is 2.67. The number of nitrogens with two attached hydrogens (primary N) is 1. The molecular formula is C12H22N4O. The van der Waals surface area contributed by atoms with Crippen LogP contribution >= 0.6 is 0 Å². The van der Waals surface area contributed by atoms with Crippen LogP contribution in [-0.4, -0.2) is 28.0 Å². The first kappa shape index (κ1) is 12.2. The Bertz CT molecular complexity index is 393. The largest absolute Gasteiger partial charge is 0.396 e. The minimum atomic E-state index is 0.0324. The minimum Gasteiger partial charge on any atom is -0.396 e. The van der Waals surface area contributed by atoms with Crippen molar-refractivity contribution in [2.75, 3.05) is 24.2 Å². The Hall–Kier alpha value is -1.23. The zero-order valence-electron chi connectivity index (χ0n) is 10.7. The van der Waals surface area contributed by atoms with Crippen LogP contribution in [0.15, 0.2) is 0 Å². The molecule has 5 nitrogen and oxygen atoms in total. The van der Waals surface area contributed by atoms with Crippen LogP contribution in [-0.2, 0) is 7.05 Å². The molecule has 0 aromatic carbocycles. The van der Waals surface area contributed by atoms with Crippen molar-refractivity contribution in [1.82, 2.24) is 9.78 Å². The highest BCUT2D eigenvalue weighted by Crippen LogP contribution is 2.38. The molecule has 96 valence electrons. The van der Waals surface area contributed by atoms with Crippen molar-refractivity contribution in [2.24, 2.45) is 12.5 Å². The van der Waals surface area contributed by atoms with Gasteiger partial charge in [-0.15, -0.1) is 0 Å². The third-order valence-electron chi connectivity index (χ3n) is 3.90. The zero-order valence-corrected chi connectivity index (χ0v) is 10.7. The van der Waals surface area contributed by atoms with Crippen LogP contribution in [0, 0.1) is 12.3 Å². The van der Waals surface area contributed by atoms with Gasteiger partial charge in [0.05, 0.1) is 18.0 Å². The van der Waals surface area contributed by atoms with E-state index in [9.17, 15) is 5.11 Å². The van der Waals surface area contributed by atoms with E-state index in [1.807, 2.05) is 14.0 Å². The van der Waals surface area contributed by atoms with Gasteiger partial charge in [0.2, 0.25) is 0 Å². The summed E-state index contributed by atoms with van der Waals surface area (Å²) in [6.45, 7) is 2.92. The maximum Gasteiger partial charge on any atom is 0.147 e. The Morgan fingerprint density at radius 2 is 2.12 bits per heavy atom. The van der Waals surface area contributed by atoms with E-state index in [1.54, 1.807) is 4.68 Å². The molecule has 0 aliphatic heterocycles. The molecule has 2 rings (SSSR count). The third-order valence-corrected chi connectivity index (χ3v) is 3.90. The molecule has 1 fully saturated rings. The fraction of sp³-hybridized carbons (Fsp3) is 0.750. The average Bonchev–Trinajstić information content (AvgIpc) is 2.86. The van der Waals surface area contributed by atoms with E-state index in [4.69, 9.17) is 5.73 Å². The van der Waals surface area contributed by atoms with Crippen LogP contribution in [0.3, 0.4) is 0 Å². The lowest BCUT2D eigenvalue weighted by Gasteiger charge is -2.27. The minimum absolute atomic E-state index is 0.0324. The van der Waals surface area contributed by atoms with Crippen LogP contribution in [0.25, 0.3) is 0 Å². The first-order valence-corrected chi connectivity index (χ1v) is 6.22. The molecule has 0 bridgehead atoms.